The monoisotopic (exact) mass is 245 g/mol. The van der Waals surface area contributed by atoms with Gasteiger partial charge in [0.25, 0.3) is 5.56 Å². The standard InChI is InChI=1S/C12H15N5O/c1-17-5-4-9(16-17)7-13-10-6-11(18)15-12(14-10)8-2-3-8/h4-6,8H,2-3,7H2,1H3,(H2,13,14,15,18). The van der Waals surface area contributed by atoms with Crippen molar-refractivity contribution in [2.75, 3.05) is 5.32 Å². The zero-order valence-electron chi connectivity index (χ0n) is 10.2. The summed E-state index contributed by atoms with van der Waals surface area (Å²) in [7, 11) is 1.88. The Kier molecular flexibility index (Phi) is 2.62. The van der Waals surface area contributed by atoms with E-state index in [1.54, 1.807) is 4.68 Å². The molecule has 3 rings (SSSR count). The molecule has 0 spiro atoms. The van der Waals surface area contributed by atoms with Gasteiger partial charge in [-0.1, -0.05) is 0 Å². The highest BCUT2D eigenvalue weighted by Crippen LogP contribution is 2.37. The van der Waals surface area contributed by atoms with Gasteiger partial charge in [-0.2, -0.15) is 5.10 Å². The number of nitrogens with one attached hydrogen (secondary N) is 2. The van der Waals surface area contributed by atoms with Crippen molar-refractivity contribution in [2.24, 2.45) is 7.05 Å². The first-order valence-electron chi connectivity index (χ1n) is 6.04. The SMILES string of the molecule is Cn1ccc(CNc2cc(=O)[nH]c(C3CC3)n2)n1. The Morgan fingerprint density at radius 3 is 3.06 bits per heavy atom. The van der Waals surface area contributed by atoms with Gasteiger partial charge in [-0.15, -0.1) is 0 Å². The van der Waals surface area contributed by atoms with Gasteiger partial charge in [0.2, 0.25) is 0 Å². The summed E-state index contributed by atoms with van der Waals surface area (Å²) in [6.45, 7) is 0.571. The first kappa shape index (κ1) is 11.0. The quantitative estimate of drug-likeness (QED) is 0.842. The average molecular weight is 245 g/mol. The van der Waals surface area contributed by atoms with Crippen LogP contribution in [0.1, 0.15) is 30.3 Å². The van der Waals surface area contributed by atoms with Crippen molar-refractivity contribution in [3.8, 4) is 0 Å². The molecule has 18 heavy (non-hydrogen) atoms. The summed E-state index contributed by atoms with van der Waals surface area (Å²) in [4.78, 5) is 18.7. The van der Waals surface area contributed by atoms with Gasteiger partial charge in [-0.05, 0) is 18.9 Å². The minimum absolute atomic E-state index is 0.101. The van der Waals surface area contributed by atoms with Gasteiger partial charge in [0.1, 0.15) is 11.6 Å². The number of nitrogens with zero attached hydrogens (tertiary/aromatic N) is 3. The fourth-order valence-electron chi connectivity index (χ4n) is 1.86. The summed E-state index contributed by atoms with van der Waals surface area (Å²) in [5.74, 6) is 1.85. The maximum atomic E-state index is 11.5. The maximum Gasteiger partial charge on any atom is 0.252 e. The van der Waals surface area contributed by atoms with Crippen molar-refractivity contribution < 1.29 is 0 Å². The zero-order valence-corrected chi connectivity index (χ0v) is 10.2. The van der Waals surface area contributed by atoms with Gasteiger partial charge in [-0.3, -0.25) is 9.48 Å². The molecule has 0 saturated heterocycles. The number of aryl methyl sites for hydroxylation is 1. The number of rotatable bonds is 4. The van der Waals surface area contributed by atoms with Crippen molar-refractivity contribution in [1.82, 2.24) is 19.7 Å². The first-order valence-corrected chi connectivity index (χ1v) is 6.04. The van der Waals surface area contributed by atoms with E-state index in [-0.39, 0.29) is 5.56 Å². The molecule has 0 radical (unpaired) electrons. The fraction of sp³-hybridized carbons (Fsp3) is 0.417. The van der Waals surface area contributed by atoms with Crippen molar-refractivity contribution in [1.29, 1.82) is 0 Å². The third kappa shape index (κ3) is 2.42. The molecular weight excluding hydrogens is 230 g/mol. The fourth-order valence-corrected chi connectivity index (χ4v) is 1.86. The lowest BCUT2D eigenvalue weighted by Crippen LogP contribution is -2.13. The van der Waals surface area contributed by atoms with Crippen molar-refractivity contribution in [2.45, 2.75) is 25.3 Å². The predicted octanol–water partition coefficient (Wildman–Crippen LogP) is 0.993. The summed E-state index contributed by atoms with van der Waals surface area (Å²) in [6, 6.07) is 3.41. The minimum Gasteiger partial charge on any atom is -0.364 e. The number of H-pyrrole nitrogens is 1. The molecule has 1 aliphatic carbocycles. The van der Waals surface area contributed by atoms with E-state index in [9.17, 15) is 4.79 Å². The Morgan fingerprint density at radius 1 is 1.56 bits per heavy atom. The van der Waals surface area contributed by atoms with Crippen molar-refractivity contribution in [3.63, 3.8) is 0 Å². The highest BCUT2D eigenvalue weighted by molar-refractivity contribution is 5.34. The summed E-state index contributed by atoms with van der Waals surface area (Å²) < 4.78 is 1.75. The molecule has 0 aliphatic heterocycles. The Hall–Kier alpha value is -2.11. The average Bonchev–Trinajstić information content (AvgIpc) is 3.10. The summed E-state index contributed by atoms with van der Waals surface area (Å²) in [6.07, 6.45) is 4.12. The topological polar surface area (TPSA) is 75.6 Å². The molecule has 0 bridgehead atoms. The van der Waals surface area contributed by atoms with E-state index >= 15 is 0 Å². The highest BCUT2D eigenvalue weighted by atomic mass is 16.1. The van der Waals surface area contributed by atoms with Crippen LogP contribution in [0.2, 0.25) is 0 Å². The Morgan fingerprint density at radius 2 is 2.39 bits per heavy atom. The summed E-state index contributed by atoms with van der Waals surface area (Å²) in [5, 5.41) is 7.39. The van der Waals surface area contributed by atoms with E-state index < -0.39 is 0 Å². The zero-order chi connectivity index (χ0) is 12.5. The molecule has 6 heteroatoms. The van der Waals surface area contributed by atoms with Crippen LogP contribution in [-0.4, -0.2) is 19.7 Å². The van der Waals surface area contributed by atoms with Crippen LogP contribution in [0.15, 0.2) is 23.1 Å². The highest BCUT2D eigenvalue weighted by Gasteiger charge is 2.26. The maximum absolute atomic E-state index is 11.5. The van der Waals surface area contributed by atoms with E-state index in [1.165, 1.54) is 6.07 Å². The molecule has 0 unspecified atom stereocenters. The van der Waals surface area contributed by atoms with Gasteiger partial charge in [0.15, 0.2) is 0 Å². The third-order valence-corrected chi connectivity index (χ3v) is 2.94. The molecule has 2 heterocycles. The van der Waals surface area contributed by atoms with Crippen LogP contribution in [0.25, 0.3) is 0 Å². The number of hydrogen-bond acceptors (Lipinski definition) is 4. The van der Waals surface area contributed by atoms with Gasteiger partial charge in [-0.25, -0.2) is 4.98 Å². The summed E-state index contributed by atoms with van der Waals surface area (Å²) >= 11 is 0. The molecule has 2 aromatic heterocycles. The Balaban J connectivity index is 1.73. The van der Waals surface area contributed by atoms with Gasteiger partial charge < -0.3 is 10.3 Å². The lowest BCUT2D eigenvalue weighted by atomic mass is 10.4. The Bertz CT molecular complexity index is 611. The molecular formula is C12H15N5O. The van der Waals surface area contributed by atoms with E-state index in [2.05, 4.69) is 20.4 Å². The van der Waals surface area contributed by atoms with Crippen molar-refractivity contribution in [3.05, 3.63) is 40.2 Å². The van der Waals surface area contributed by atoms with Crippen molar-refractivity contribution >= 4 is 5.82 Å². The van der Waals surface area contributed by atoms with E-state index in [1.807, 2.05) is 19.3 Å². The van der Waals surface area contributed by atoms with E-state index in [4.69, 9.17) is 0 Å². The lowest BCUT2D eigenvalue weighted by molar-refractivity contribution is 0.746. The number of aromatic nitrogens is 4. The molecule has 0 aromatic carbocycles. The van der Waals surface area contributed by atoms with Crippen LogP contribution >= 0.6 is 0 Å². The van der Waals surface area contributed by atoms with Crippen LogP contribution in [-0.2, 0) is 13.6 Å². The van der Waals surface area contributed by atoms with Gasteiger partial charge in [0.05, 0.1) is 12.2 Å². The van der Waals surface area contributed by atoms with Crippen LogP contribution in [0.4, 0.5) is 5.82 Å². The molecule has 2 aromatic rings. The lowest BCUT2D eigenvalue weighted by Gasteiger charge is -2.05. The molecule has 2 N–H and O–H groups in total. The second-order valence-electron chi connectivity index (χ2n) is 4.62. The second-order valence-corrected chi connectivity index (χ2v) is 4.62. The molecule has 0 atom stereocenters. The Labute approximate surface area is 104 Å². The molecule has 1 saturated carbocycles. The molecule has 1 aliphatic rings. The molecule has 0 amide bonds. The van der Waals surface area contributed by atoms with Gasteiger partial charge in [0, 0.05) is 25.2 Å². The van der Waals surface area contributed by atoms with Crippen LogP contribution in [0.5, 0.6) is 0 Å². The molecule has 6 nitrogen and oxygen atoms in total. The number of aromatic amines is 1. The van der Waals surface area contributed by atoms with Crippen LogP contribution < -0.4 is 10.9 Å². The van der Waals surface area contributed by atoms with E-state index in [0.717, 1.165) is 24.4 Å². The number of anilines is 1. The molecule has 94 valence electrons. The van der Waals surface area contributed by atoms with E-state index in [0.29, 0.717) is 18.3 Å². The smallest absolute Gasteiger partial charge is 0.252 e. The molecule has 1 fully saturated rings. The number of hydrogen-bond donors (Lipinski definition) is 2. The predicted molar refractivity (Wildman–Crippen MR) is 67.4 cm³/mol. The van der Waals surface area contributed by atoms with Crippen LogP contribution in [0, 0.1) is 0 Å². The van der Waals surface area contributed by atoms with Crippen LogP contribution in [0.3, 0.4) is 0 Å². The minimum atomic E-state index is -0.101. The second kappa shape index (κ2) is 4.29. The largest absolute Gasteiger partial charge is 0.364 e. The normalized spacial score (nSPS) is 14.7. The third-order valence-electron chi connectivity index (χ3n) is 2.94. The first-order chi connectivity index (χ1) is 8.70. The summed E-state index contributed by atoms with van der Waals surface area (Å²) in [5.41, 5.74) is 0.822. The van der Waals surface area contributed by atoms with Gasteiger partial charge >= 0.3 is 0 Å².